The van der Waals surface area contributed by atoms with E-state index in [1.54, 1.807) is 11.9 Å². The Morgan fingerprint density at radius 1 is 1.09 bits per heavy atom. The second-order valence-electron chi connectivity index (χ2n) is 8.86. The third kappa shape index (κ3) is 4.62. The van der Waals surface area contributed by atoms with E-state index in [0.717, 1.165) is 16.8 Å². The topological polar surface area (TPSA) is 97.0 Å². The van der Waals surface area contributed by atoms with Gasteiger partial charge in [-0.3, -0.25) is 14.4 Å². The van der Waals surface area contributed by atoms with Gasteiger partial charge >= 0.3 is 0 Å². The molecule has 33 heavy (non-hydrogen) atoms. The van der Waals surface area contributed by atoms with Crippen molar-refractivity contribution >= 4 is 23.4 Å². The zero-order valence-corrected chi connectivity index (χ0v) is 19.3. The molecule has 8 heteroatoms. The van der Waals surface area contributed by atoms with Gasteiger partial charge in [-0.25, -0.2) is 0 Å². The van der Waals surface area contributed by atoms with Crippen LogP contribution in [-0.2, 0) is 23.9 Å². The molecule has 1 saturated heterocycles. The molecular formula is C25H29N3O5. The number of anilines is 1. The maximum Gasteiger partial charge on any atom is 0.253 e. The standard InChI is InChI=1S/C25H29N3O5/c1-15(22(29)26-13-16-14-32-25(2,3)33-16)23(30)27-21-19-11-6-5-9-17(19)18-10-7-8-12-20(18)28(4)24(21)31/h5-12,15-16,21H,13-14H2,1-4H3,(H,26,29)(H,27,30). The van der Waals surface area contributed by atoms with Crippen molar-refractivity contribution in [3.63, 3.8) is 0 Å². The first-order valence-electron chi connectivity index (χ1n) is 11.0. The fraction of sp³-hybridized carbons (Fsp3) is 0.400. The summed E-state index contributed by atoms with van der Waals surface area (Å²) in [4.78, 5) is 40.5. The number of likely N-dealkylation sites (N-methyl/N-ethyl adjacent to an activating group) is 1. The molecule has 0 spiro atoms. The maximum atomic E-state index is 13.3. The van der Waals surface area contributed by atoms with Crippen molar-refractivity contribution in [1.29, 1.82) is 0 Å². The van der Waals surface area contributed by atoms with Gasteiger partial charge in [-0.1, -0.05) is 42.5 Å². The Labute approximate surface area is 193 Å². The second-order valence-corrected chi connectivity index (χ2v) is 8.86. The summed E-state index contributed by atoms with van der Waals surface area (Å²) in [6.07, 6.45) is -0.276. The summed E-state index contributed by atoms with van der Waals surface area (Å²) >= 11 is 0. The molecular weight excluding hydrogens is 422 g/mol. The summed E-state index contributed by atoms with van der Waals surface area (Å²) < 4.78 is 11.2. The largest absolute Gasteiger partial charge is 0.353 e. The van der Waals surface area contributed by atoms with Crippen LogP contribution in [0.5, 0.6) is 0 Å². The number of carbonyl (C=O) groups is 3. The molecule has 2 aliphatic rings. The molecule has 2 aromatic carbocycles. The molecule has 0 aromatic heterocycles. The number of hydrogen-bond donors (Lipinski definition) is 2. The highest BCUT2D eigenvalue weighted by Crippen LogP contribution is 2.39. The van der Waals surface area contributed by atoms with Crippen LogP contribution in [0.25, 0.3) is 11.1 Å². The number of para-hydroxylation sites is 1. The lowest BCUT2D eigenvalue weighted by atomic mass is 9.95. The monoisotopic (exact) mass is 451 g/mol. The zero-order valence-electron chi connectivity index (χ0n) is 19.3. The Kier molecular flexibility index (Phi) is 6.23. The number of ether oxygens (including phenoxy) is 2. The summed E-state index contributed by atoms with van der Waals surface area (Å²) in [5, 5.41) is 5.55. The van der Waals surface area contributed by atoms with Crippen LogP contribution in [0.2, 0.25) is 0 Å². The molecule has 4 rings (SSSR count). The van der Waals surface area contributed by atoms with Gasteiger partial charge in [0.05, 0.1) is 12.3 Å². The van der Waals surface area contributed by atoms with Crippen molar-refractivity contribution in [2.45, 2.75) is 38.7 Å². The van der Waals surface area contributed by atoms with E-state index in [0.29, 0.717) is 12.2 Å². The second kappa shape index (κ2) is 8.96. The minimum Gasteiger partial charge on any atom is -0.353 e. The van der Waals surface area contributed by atoms with E-state index in [1.165, 1.54) is 6.92 Å². The van der Waals surface area contributed by atoms with Crippen LogP contribution in [0.4, 0.5) is 5.69 Å². The lowest BCUT2D eigenvalue weighted by Crippen LogP contribution is -2.46. The summed E-state index contributed by atoms with van der Waals surface area (Å²) in [7, 11) is 1.69. The molecule has 2 heterocycles. The molecule has 3 unspecified atom stereocenters. The predicted molar refractivity (Wildman–Crippen MR) is 123 cm³/mol. The van der Waals surface area contributed by atoms with Gasteiger partial charge in [0.2, 0.25) is 11.8 Å². The van der Waals surface area contributed by atoms with Crippen molar-refractivity contribution in [2.75, 3.05) is 25.1 Å². The van der Waals surface area contributed by atoms with E-state index in [9.17, 15) is 14.4 Å². The van der Waals surface area contributed by atoms with Crippen LogP contribution >= 0.6 is 0 Å². The summed E-state index contributed by atoms with van der Waals surface area (Å²) in [6.45, 7) is 5.74. The van der Waals surface area contributed by atoms with Crippen LogP contribution < -0.4 is 15.5 Å². The first kappa shape index (κ1) is 22.9. The van der Waals surface area contributed by atoms with Crippen molar-refractivity contribution in [3.8, 4) is 11.1 Å². The smallest absolute Gasteiger partial charge is 0.253 e. The molecule has 2 aliphatic heterocycles. The fourth-order valence-electron chi connectivity index (χ4n) is 4.19. The van der Waals surface area contributed by atoms with Crippen molar-refractivity contribution in [1.82, 2.24) is 10.6 Å². The molecule has 0 aliphatic carbocycles. The Hall–Kier alpha value is -3.23. The summed E-state index contributed by atoms with van der Waals surface area (Å²) in [6, 6.07) is 14.2. The van der Waals surface area contributed by atoms with E-state index in [-0.39, 0.29) is 18.6 Å². The summed E-state index contributed by atoms with van der Waals surface area (Å²) in [5.74, 6) is -2.91. The molecule has 3 amide bonds. The molecule has 174 valence electrons. The van der Waals surface area contributed by atoms with Crippen LogP contribution in [0.15, 0.2) is 48.5 Å². The molecule has 3 atom stereocenters. The van der Waals surface area contributed by atoms with E-state index in [1.807, 2.05) is 62.4 Å². The Morgan fingerprint density at radius 2 is 1.76 bits per heavy atom. The highest BCUT2D eigenvalue weighted by Gasteiger charge is 2.36. The molecule has 0 saturated carbocycles. The highest BCUT2D eigenvalue weighted by molar-refractivity contribution is 6.07. The number of hydrogen-bond acceptors (Lipinski definition) is 5. The maximum absolute atomic E-state index is 13.3. The van der Waals surface area contributed by atoms with Gasteiger partial charge in [-0.15, -0.1) is 0 Å². The molecule has 1 fully saturated rings. The number of carbonyl (C=O) groups excluding carboxylic acids is 3. The lowest BCUT2D eigenvalue weighted by molar-refractivity contribution is -0.142. The minimum absolute atomic E-state index is 0.239. The number of nitrogens with zero attached hydrogens (tertiary/aromatic N) is 1. The first-order chi connectivity index (χ1) is 15.7. The van der Waals surface area contributed by atoms with E-state index in [4.69, 9.17) is 9.47 Å². The van der Waals surface area contributed by atoms with Crippen LogP contribution in [0.3, 0.4) is 0 Å². The van der Waals surface area contributed by atoms with Gasteiger partial charge in [-0.2, -0.15) is 0 Å². The van der Waals surface area contributed by atoms with Gasteiger partial charge in [0.1, 0.15) is 18.1 Å². The van der Waals surface area contributed by atoms with Gasteiger partial charge in [0.15, 0.2) is 5.79 Å². The van der Waals surface area contributed by atoms with Crippen molar-refractivity contribution in [3.05, 3.63) is 54.1 Å². The number of benzene rings is 2. The molecule has 2 aromatic rings. The average molecular weight is 452 g/mol. The number of nitrogens with one attached hydrogen (secondary N) is 2. The van der Waals surface area contributed by atoms with E-state index in [2.05, 4.69) is 10.6 Å². The normalized spacial score (nSPS) is 22.1. The Morgan fingerprint density at radius 3 is 2.45 bits per heavy atom. The third-order valence-corrected chi connectivity index (χ3v) is 6.05. The van der Waals surface area contributed by atoms with Crippen molar-refractivity contribution < 1.29 is 23.9 Å². The molecule has 0 radical (unpaired) electrons. The number of fused-ring (bicyclic) bond motifs is 3. The SMILES string of the molecule is CC(C(=O)NCC1COC(C)(C)O1)C(=O)NC1C(=O)N(C)c2ccccc2-c2ccccc21. The predicted octanol–water partition coefficient (Wildman–Crippen LogP) is 2.39. The van der Waals surface area contributed by atoms with Gasteiger partial charge < -0.3 is 25.0 Å². The fourth-order valence-corrected chi connectivity index (χ4v) is 4.19. The number of rotatable bonds is 5. The minimum atomic E-state index is -0.990. The van der Waals surface area contributed by atoms with Gasteiger partial charge in [-0.05, 0) is 38.0 Å². The average Bonchev–Trinajstić information content (AvgIpc) is 3.14. The van der Waals surface area contributed by atoms with Crippen LogP contribution in [0, 0.1) is 5.92 Å². The third-order valence-electron chi connectivity index (χ3n) is 6.05. The Bertz CT molecular complexity index is 1080. The van der Waals surface area contributed by atoms with E-state index >= 15 is 0 Å². The summed E-state index contributed by atoms with van der Waals surface area (Å²) in [5.41, 5.74) is 3.24. The molecule has 0 bridgehead atoms. The van der Waals surface area contributed by atoms with Crippen LogP contribution in [-0.4, -0.2) is 49.8 Å². The highest BCUT2D eigenvalue weighted by atomic mass is 16.7. The number of amides is 3. The van der Waals surface area contributed by atoms with Gasteiger partial charge in [0.25, 0.3) is 5.91 Å². The zero-order chi connectivity index (χ0) is 23.8. The quantitative estimate of drug-likeness (QED) is 0.681. The van der Waals surface area contributed by atoms with Crippen molar-refractivity contribution in [2.24, 2.45) is 5.92 Å². The van der Waals surface area contributed by atoms with Gasteiger partial charge in [0, 0.05) is 19.2 Å². The first-order valence-corrected chi connectivity index (χ1v) is 11.0. The van der Waals surface area contributed by atoms with E-state index < -0.39 is 29.6 Å². The lowest BCUT2D eigenvalue weighted by Gasteiger charge is -2.24. The van der Waals surface area contributed by atoms with Crippen LogP contribution in [0.1, 0.15) is 32.4 Å². The molecule has 8 nitrogen and oxygen atoms in total. The Balaban J connectivity index is 1.49. The molecule has 2 N–H and O–H groups in total.